The smallest absolute Gasteiger partial charge is 0.222 e. The van der Waals surface area contributed by atoms with Crippen LogP contribution in [-0.4, -0.2) is 45.8 Å². The Hall–Kier alpha value is -1.85. The van der Waals surface area contributed by atoms with Crippen LogP contribution in [0.15, 0.2) is 12.5 Å². The molecule has 1 aromatic rings. The monoisotopic (exact) mass is 360 g/mol. The maximum atomic E-state index is 12.4. The quantitative estimate of drug-likeness (QED) is 0.733. The van der Waals surface area contributed by atoms with E-state index in [4.69, 9.17) is 0 Å². The number of aromatic amines is 1. The van der Waals surface area contributed by atoms with Gasteiger partial charge in [0.05, 0.1) is 6.33 Å². The summed E-state index contributed by atoms with van der Waals surface area (Å²) in [6, 6.07) is 0.383. The number of aromatic nitrogens is 2. The van der Waals surface area contributed by atoms with Crippen molar-refractivity contribution in [3.8, 4) is 0 Å². The van der Waals surface area contributed by atoms with Crippen molar-refractivity contribution in [1.82, 2.24) is 20.2 Å². The summed E-state index contributed by atoms with van der Waals surface area (Å²) in [7, 11) is 0. The van der Waals surface area contributed by atoms with Crippen LogP contribution in [0.3, 0.4) is 0 Å². The molecule has 6 heteroatoms. The van der Waals surface area contributed by atoms with Crippen LogP contribution in [0.4, 0.5) is 0 Å². The molecule has 1 aromatic heterocycles. The second-order valence-corrected chi connectivity index (χ2v) is 7.77. The molecule has 0 unspecified atom stereocenters. The Morgan fingerprint density at radius 3 is 2.50 bits per heavy atom. The maximum absolute atomic E-state index is 12.4. The van der Waals surface area contributed by atoms with E-state index in [9.17, 15) is 9.59 Å². The number of H-pyrrole nitrogens is 1. The summed E-state index contributed by atoms with van der Waals surface area (Å²) in [5.74, 6) is 0.885. The second kappa shape index (κ2) is 9.74. The highest BCUT2D eigenvalue weighted by Crippen LogP contribution is 2.26. The fraction of sp³-hybridized carbons (Fsp3) is 0.750. The molecule has 2 fully saturated rings. The predicted molar refractivity (Wildman–Crippen MR) is 101 cm³/mol. The summed E-state index contributed by atoms with van der Waals surface area (Å²) in [5, 5.41) is 3.15. The SMILES string of the molecule is O=C(CCCCC(=O)N1CCC(c2cnc[nH]2)CC1)NC1CCCCC1. The molecule has 26 heavy (non-hydrogen) atoms. The highest BCUT2D eigenvalue weighted by Gasteiger charge is 2.24. The minimum absolute atomic E-state index is 0.157. The van der Waals surface area contributed by atoms with E-state index in [0.717, 1.165) is 51.6 Å². The number of nitrogens with zero attached hydrogens (tertiary/aromatic N) is 2. The van der Waals surface area contributed by atoms with Gasteiger partial charge in [0, 0.05) is 49.8 Å². The normalized spacial score (nSPS) is 19.5. The van der Waals surface area contributed by atoms with Crippen molar-refractivity contribution in [1.29, 1.82) is 0 Å². The lowest BCUT2D eigenvalue weighted by molar-refractivity contribution is -0.132. The largest absolute Gasteiger partial charge is 0.353 e. The van der Waals surface area contributed by atoms with Crippen molar-refractivity contribution < 1.29 is 9.59 Å². The molecule has 3 rings (SSSR count). The number of nitrogens with one attached hydrogen (secondary N) is 2. The van der Waals surface area contributed by atoms with Crippen molar-refractivity contribution >= 4 is 11.8 Å². The first-order chi connectivity index (χ1) is 12.7. The standard InChI is InChI=1S/C20H32N4O2/c25-19(23-17-6-2-1-3-7-17)8-4-5-9-20(26)24-12-10-16(11-13-24)18-14-21-15-22-18/h14-17H,1-13H2,(H,21,22)(H,23,25). The molecule has 1 aliphatic heterocycles. The van der Waals surface area contributed by atoms with Gasteiger partial charge in [-0.05, 0) is 38.5 Å². The van der Waals surface area contributed by atoms with Gasteiger partial charge in [0.1, 0.15) is 0 Å². The van der Waals surface area contributed by atoms with Gasteiger partial charge in [0.2, 0.25) is 11.8 Å². The fourth-order valence-electron chi connectivity index (χ4n) is 4.20. The number of carbonyl (C=O) groups is 2. The number of hydrogen-bond acceptors (Lipinski definition) is 3. The molecule has 144 valence electrons. The van der Waals surface area contributed by atoms with E-state index in [1.807, 2.05) is 11.1 Å². The van der Waals surface area contributed by atoms with Gasteiger partial charge < -0.3 is 15.2 Å². The van der Waals surface area contributed by atoms with Gasteiger partial charge in [-0.2, -0.15) is 0 Å². The number of imidazole rings is 1. The van der Waals surface area contributed by atoms with Crippen LogP contribution in [-0.2, 0) is 9.59 Å². The van der Waals surface area contributed by atoms with Crippen molar-refractivity contribution in [3.63, 3.8) is 0 Å². The van der Waals surface area contributed by atoms with Crippen LogP contribution >= 0.6 is 0 Å². The lowest BCUT2D eigenvalue weighted by Crippen LogP contribution is -2.38. The molecular formula is C20H32N4O2. The zero-order valence-corrected chi connectivity index (χ0v) is 15.7. The first-order valence-corrected chi connectivity index (χ1v) is 10.3. The molecule has 6 nitrogen and oxygen atoms in total. The Labute approximate surface area is 156 Å². The van der Waals surface area contributed by atoms with Crippen LogP contribution in [0, 0.1) is 0 Å². The van der Waals surface area contributed by atoms with Crippen molar-refractivity contribution in [2.24, 2.45) is 0 Å². The average molecular weight is 361 g/mol. The highest BCUT2D eigenvalue weighted by atomic mass is 16.2. The number of unbranched alkanes of at least 4 members (excludes halogenated alkanes) is 1. The zero-order chi connectivity index (χ0) is 18.2. The third kappa shape index (κ3) is 5.58. The minimum Gasteiger partial charge on any atom is -0.353 e. The fourth-order valence-corrected chi connectivity index (χ4v) is 4.20. The highest BCUT2D eigenvalue weighted by molar-refractivity contribution is 5.77. The average Bonchev–Trinajstić information content (AvgIpc) is 3.21. The molecule has 0 atom stereocenters. The summed E-state index contributed by atoms with van der Waals surface area (Å²) in [6.45, 7) is 1.65. The topological polar surface area (TPSA) is 78.1 Å². The van der Waals surface area contributed by atoms with Gasteiger partial charge in [0.15, 0.2) is 0 Å². The molecule has 2 aliphatic rings. The summed E-state index contributed by atoms with van der Waals surface area (Å²) < 4.78 is 0. The molecule has 0 radical (unpaired) electrons. The van der Waals surface area contributed by atoms with E-state index >= 15 is 0 Å². The molecule has 0 bridgehead atoms. The number of piperidine rings is 1. The Balaban J connectivity index is 1.26. The number of carbonyl (C=O) groups excluding carboxylic acids is 2. The summed E-state index contributed by atoms with van der Waals surface area (Å²) >= 11 is 0. The van der Waals surface area contributed by atoms with Crippen LogP contribution in [0.1, 0.15) is 82.2 Å². The van der Waals surface area contributed by atoms with E-state index in [1.54, 1.807) is 6.33 Å². The molecule has 1 saturated carbocycles. The van der Waals surface area contributed by atoms with Gasteiger partial charge in [-0.1, -0.05) is 19.3 Å². The Bertz CT molecular complexity index is 558. The van der Waals surface area contributed by atoms with E-state index in [1.165, 1.54) is 25.0 Å². The van der Waals surface area contributed by atoms with E-state index in [-0.39, 0.29) is 11.8 Å². The Kier molecular flexibility index (Phi) is 7.09. The molecule has 0 spiro atoms. The van der Waals surface area contributed by atoms with Gasteiger partial charge >= 0.3 is 0 Å². The maximum Gasteiger partial charge on any atom is 0.222 e. The number of rotatable bonds is 7. The molecule has 0 aromatic carbocycles. The summed E-state index contributed by atoms with van der Waals surface area (Å²) in [5.41, 5.74) is 1.18. The molecular weight excluding hydrogens is 328 g/mol. The number of likely N-dealkylation sites (tertiary alicyclic amines) is 1. The lowest BCUT2D eigenvalue weighted by Gasteiger charge is -2.31. The van der Waals surface area contributed by atoms with Crippen LogP contribution in [0.25, 0.3) is 0 Å². The van der Waals surface area contributed by atoms with Gasteiger partial charge in [-0.3, -0.25) is 9.59 Å². The first kappa shape index (κ1) is 18.9. The first-order valence-electron chi connectivity index (χ1n) is 10.3. The molecule has 1 saturated heterocycles. The molecule has 2 heterocycles. The van der Waals surface area contributed by atoms with Gasteiger partial charge in [0.25, 0.3) is 0 Å². The zero-order valence-electron chi connectivity index (χ0n) is 15.7. The van der Waals surface area contributed by atoms with Crippen LogP contribution in [0.2, 0.25) is 0 Å². The summed E-state index contributed by atoms with van der Waals surface area (Å²) in [6.07, 6.45) is 14.3. The van der Waals surface area contributed by atoms with E-state index < -0.39 is 0 Å². The molecule has 2 amide bonds. The summed E-state index contributed by atoms with van der Waals surface area (Å²) in [4.78, 5) is 33.6. The van der Waals surface area contributed by atoms with Gasteiger partial charge in [-0.25, -0.2) is 4.98 Å². The third-order valence-electron chi connectivity index (χ3n) is 5.82. The molecule has 1 aliphatic carbocycles. The molecule has 2 N–H and O–H groups in total. The number of hydrogen-bond donors (Lipinski definition) is 2. The van der Waals surface area contributed by atoms with Crippen molar-refractivity contribution in [2.45, 2.75) is 82.6 Å². The van der Waals surface area contributed by atoms with E-state index in [2.05, 4.69) is 15.3 Å². The van der Waals surface area contributed by atoms with Gasteiger partial charge in [-0.15, -0.1) is 0 Å². The Morgan fingerprint density at radius 1 is 1.08 bits per heavy atom. The lowest BCUT2D eigenvalue weighted by atomic mass is 9.94. The van der Waals surface area contributed by atoms with Crippen molar-refractivity contribution in [3.05, 3.63) is 18.2 Å². The number of amides is 2. The van der Waals surface area contributed by atoms with Crippen LogP contribution in [0.5, 0.6) is 0 Å². The second-order valence-electron chi connectivity index (χ2n) is 7.77. The van der Waals surface area contributed by atoms with E-state index in [0.29, 0.717) is 24.8 Å². The Morgan fingerprint density at radius 2 is 1.81 bits per heavy atom. The predicted octanol–water partition coefficient (Wildman–Crippen LogP) is 3.13. The van der Waals surface area contributed by atoms with Crippen LogP contribution < -0.4 is 5.32 Å². The van der Waals surface area contributed by atoms with Crippen molar-refractivity contribution in [2.75, 3.05) is 13.1 Å². The third-order valence-corrected chi connectivity index (χ3v) is 5.82. The minimum atomic E-state index is 0.157.